The molecule has 0 saturated carbocycles. The summed E-state index contributed by atoms with van der Waals surface area (Å²) < 4.78 is 0. The van der Waals surface area contributed by atoms with Gasteiger partial charge in [0.15, 0.2) is 0 Å². The third-order valence-corrected chi connectivity index (χ3v) is 4.03. The van der Waals surface area contributed by atoms with E-state index in [1.54, 1.807) is 24.8 Å². The summed E-state index contributed by atoms with van der Waals surface area (Å²) in [6.07, 6.45) is 7.71. The Kier molecular flexibility index (Phi) is 5.46. The molecule has 126 valence electrons. The van der Waals surface area contributed by atoms with Crippen LogP contribution in [0.2, 0.25) is 0 Å². The minimum Gasteiger partial charge on any atom is -0.339 e. The largest absolute Gasteiger partial charge is 0.339 e. The highest BCUT2D eigenvalue weighted by Gasteiger charge is 2.14. The maximum atomic E-state index is 12.7. The van der Waals surface area contributed by atoms with E-state index in [-0.39, 0.29) is 5.91 Å². The summed E-state index contributed by atoms with van der Waals surface area (Å²) in [5.41, 5.74) is 3.32. The summed E-state index contributed by atoms with van der Waals surface area (Å²) in [6.45, 7) is 3.31. The van der Waals surface area contributed by atoms with Gasteiger partial charge in [-0.3, -0.25) is 19.7 Å². The Morgan fingerprint density at radius 1 is 0.960 bits per heavy atom. The molecule has 3 rings (SSSR count). The third-order valence-electron chi connectivity index (χ3n) is 4.03. The Morgan fingerprint density at radius 2 is 1.76 bits per heavy atom. The fraction of sp³-hybridized carbons (Fsp3) is 0.200. The van der Waals surface area contributed by atoms with E-state index in [1.807, 2.05) is 54.3 Å². The number of carbonyl (C=O) groups excluding carboxylic acids is 1. The standard InChI is InChI=1S/C20H20N4O/c1-2-24(14-10-16-8-12-21-13-9-16)20(25)17-6-7-19(23-15-17)18-5-3-4-11-22-18/h3-9,11-13,15H,2,10,14H2,1H3. The van der Waals surface area contributed by atoms with Crippen LogP contribution in [0, 0.1) is 0 Å². The molecule has 0 atom stereocenters. The molecule has 5 nitrogen and oxygen atoms in total. The van der Waals surface area contributed by atoms with Crippen LogP contribution in [-0.4, -0.2) is 38.8 Å². The highest BCUT2D eigenvalue weighted by molar-refractivity contribution is 5.94. The van der Waals surface area contributed by atoms with Crippen molar-refractivity contribution in [3.63, 3.8) is 0 Å². The Hall–Kier alpha value is -3.08. The van der Waals surface area contributed by atoms with Crippen LogP contribution < -0.4 is 0 Å². The Morgan fingerprint density at radius 3 is 2.40 bits per heavy atom. The van der Waals surface area contributed by atoms with E-state index in [1.165, 1.54) is 5.56 Å². The summed E-state index contributed by atoms with van der Waals surface area (Å²) in [5.74, 6) is -0.00312. The average molecular weight is 332 g/mol. The van der Waals surface area contributed by atoms with E-state index in [2.05, 4.69) is 15.0 Å². The number of hydrogen-bond acceptors (Lipinski definition) is 4. The molecular weight excluding hydrogens is 312 g/mol. The van der Waals surface area contributed by atoms with Crippen LogP contribution in [-0.2, 0) is 6.42 Å². The molecule has 0 fully saturated rings. The molecule has 0 unspecified atom stereocenters. The van der Waals surface area contributed by atoms with Gasteiger partial charge in [0, 0.05) is 37.9 Å². The van der Waals surface area contributed by atoms with Crippen molar-refractivity contribution in [2.24, 2.45) is 0 Å². The smallest absolute Gasteiger partial charge is 0.255 e. The van der Waals surface area contributed by atoms with Crippen LogP contribution in [0.5, 0.6) is 0 Å². The summed E-state index contributed by atoms with van der Waals surface area (Å²) in [4.78, 5) is 27.2. The molecule has 25 heavy (non-hydrogen) atoms. The van der Waals surface area contributed by atoms with Gasteiger partial charge in [-0.1, -0.05) is 6.07 Å². The predicted molar refractivity (Wildman–Crippen MR) is 97.0 cm³/mol. The Bertz CT molecular complexity index is 804. The molecule has 0 radical (unpaired) electrons. The van der Waals surface area contributed by atoms with Crippen LogP contribution >= 0.6 is 0 Å². The van der Waals surface area contributed by atoms with Crippen LogP contribution in [0.4, 0.5) is 0 Å². The summed E-state index contributed by atoms with van der Waals surface area (Å²) in [7, 11) is 0. The lowest BCUT2D eigenvalue weighted by Gasteiger charge is -2.21. The molecule has 5 heteroatoms. The first kappa shape index (κ1) is 16.8. The van der Waals surface area contributed by atoms with Gasteiger partial charge < -0.3 is 4.90 Å². The van der Waals surface area contributed by atoms with Crippen molar-refractivity contribution in [2.45, 2.75) is 13.3 Å². The lowest BCUT2D eigenvalue weighted by molar-refractivity contribution is 0.0766. The number of likely N-dealkylation sites (N-methyl/N-ethyl adjacent to an activating group) is 1. The average Bonchev–Trinajstić information content (AvgIpc) is 2.70. The van der Waals surface area contributed by atoms with Gasteiger partial charge in [0.25, 0.3) is 5.91 Å². The van der Waals surface area contributed by atoms with E-state index in [0.29, 0.717) is 18.7 Å². The first-order chi connectivity index (χ1) is 12.3. The first-order valence-electron chi connectivity index (χ1n) is 8.33. The van der Waals surface area contributed by atoms with Crippen molar-refractivity contribution in [3.05, 3.63) is 78.4 Å². The maximum Gasteiger partial charge on any atom is 0.255 e. The van der Waals surface area contributed by atoms with Gasteiger partial charge in [-0.05, 0) is 55.3 Å². The molecule has 0 aromatic carbocycles. The highest BCUT2D eigenvalue weighted by Crippen LogP contribution is 2.14. The van der Waals surface area contributed by atoms with Crippen molar-refractivity contribution < 1.29 is 4.79 Å². The molecule has 0 aliphatic carbocycles. The van der Waals surface area contributed by atoms with E-state index < -0.39 is 0 Å². The van der Waals surface area contributed by atoms with E-state index >= 15 is 0 Å². The number of rotatable bonds is 6. The predicted octanol–water partition coefficient (Wildman–Crippen LogP) is 3.24. The number of nitrogens with zero attached hydrogens (tertiary/aromatic N) is 4. The van der Waals surface area contributed by atoms with Crippen LogP contribution in [0.1, 0.15) is 22.8 Å². The lowest BCUT2D eigenvalue weighted by atomic mass is 10.1. The molecule has 0 N–H and O–H groups in total. The van der Waals surface area contributed by atoms with Gasteiger partial charge in [-0.2, -0.15) is 0 Å². The Labute approximate surface area is 147 Å². The number of amides is 1. The van der Waals surface area contributed by atoms with Crippen molar-refractivity contribution >= 4 is 5.91 Å². The number of carbonyl (C=O) groups is 1. The molecule has 3 heterocycles. The zero-order chi connectivity index (χ0) is 17.5. The van der Waals surface area contributed by atoms with E-state index in [9.17, 15) is 4.79 Å². The molecule has 0 aliphatic rings. The van der Waals surface area contributed by atoms with Crippen LogP contribution in [0.3, 0.4) is 0 Å². The topological polar surface area (TPSA) is 59.0 Å². The van der Waals surface area contributed by atoms with Crippen LogP contribution in [0.15, 0.2) is 67.3 Å². The van der Waals surface area contributed by atoms with Crippen LogP contribution in [0.25, 0.3) is 11.4 Å². The van der Waals surface area contributed by atoms with Gasteiger partial charge in [0.2, 0.25) is 0 Å². The number of hydrogen-bond donors (Lipinski definition) is 0. The SMILES string of the molecule is CCN(CCc1ccncc1)C(=O)c1ccc(-c2ccccn2)nc1. The summed E-state index contributed by atoms with van der Waals surface area (Å²) in [5, 5.41) is 0. The molecule has 0 spiro atoms. The molecule has 0 aliphatic heterocycles. The summed E-state index contributed by atoms with van der Waals surface area (Å²) in [6, 6.07) is 13.3. The fourth-order valence-corrected chi connectivity index (χ4v) is 2.59. The van der Waals surface area contributed by atoms with Gasteiger partial charge in [-0.15, -0.1) is 0 Å². The Balaban J connectivity index is 1.68. The number of aromatic nitrogens is 3. The van der Waals surface area contributed by atoms with Gasteiger partial charge in [-0.25, -0.2) is 0 Å². The zero-order valence-corrected chi connectivity index (χ0v) is 14.2. The second-order valence-electron chi connectivity index (χ2n) is 5.64. The van der Waals surface area contributed by atoms with Gasteiger partial charge >= 0.3 is 0 Å². The normalized spacial score (nSPS) is 10.4. The molecular formula is C20H20N4O. The third kappa shape index (κ3) is 4.26. The van der Waals surface area contributed by atoms with E-state index in [4.69, 9.17) is 0 Å². The molecule has 1 amide bonds. The van der Waals surface area contributed by atoms with Crippen molar-refractivity contribution in [1.82, 2.24) is 19.9 Å². The molecule has 0 bridgehead atoms. The van der Waals surface area contributed by atoms with Gasteiger partial charge in [0.1, 0.15) is 0 Å². The highest BCUT2D eigenvalue weighted by atomic mass is 16.2. The monoisotopic (exact) mass is 332 g/mol. The lowest BCUT2D eigenvalue weighted by Crippen LogP contribution is -2.32. The number of pyridine rings is 3. The minimum atomic E-state index is -0.00312. The summed E-state index contributed by atoms with van der Waals surface area (Å²) >= 11 is 0. The van der Waals surface area contributed by atoms with Crippen molar-refractivity contribution in [3.8, 4) is 11.4 Å². The molecule has 3 aromatic rings. The first-order valence-corrected chi connectivity index (χ1v) is 8.33. The second-order valence-corrected chi connectivity index (χ2v) is 5.64. The molecule has 3 aromatic heterocycles. The maximum absolute atomic E-state index is 12.7. The minimum absolute atomic E-state index is 0.00312. The molecule has 0 saturated heterocycles. The fourth-order valence-electron chi connectivity index (χ4n) is 2.59. The van der Waals surface area contributed by atoms with Gasteiger partial charge in [0.05, 0.1) is 17.0 Å². The van der Waals surface area contributed by atoms with E-state index in [0.717, 1.165) is 17.8 Å². The second kappa shape index (κ2) is 8.15. The quantitative estimate of drug-likeness (QED) is 0.695. The van der Waals surface area contributed by atoms with Crippen molar-refractivity contribution in [1.29, 1.82) is 0 Å². The van der Waals surface area contributed by atoms with Crippen molar-refractivity contribution in [2.75, 3.05) is 13.1 Å². The zero-order valence-electron chi connectivity index (χ0n) is 14.2.